The van der Waals surface area contributed by atoms with Crippen molar-refractivity contribution in [3.63, 3.8) is 0 Å². The van der Waals surface area contributed by atoms with E-state index in [0.29, 0.717) is 22.2 Å². The van der Waals surface area contributed by atoms with Gasteiger partial charge in [-0.15, -0.1) is 0 Å². The van der Waals surface area contributed by atoms with Gasteiger partial charge in [0.15, 0.2) is 6.61 Å². The fourth-order valence-corrected chi connectivity index (χ4v) is 2.87. The summed E-state index contributed by atoms with van der Waals surface area (Å²) in [5, 5.41) is 0.658. The predicted molar refractivity (Wildman–Crippen MR) is 95.6 cm³/mol. The van der Waals surface area contributed by atoms with Crippen molar-refractivity contribution in [1.29, 1.82) is 0 Å². The zero-order valence-electron chi connectivity index (χ0n) is 14.1. The van der Waals surface area contributed by atoms with Crippen LogP contribution < -0.4 is 16.0 Å². The summed E-state index contributed by atoms with van der Waals surface area (Å²) in [7, 11) is 0. The Bertz CT molecular complexity index is 939. The normalized spacial score (nSPS) is 10.7. The molecule has 25 heavy (non-hydrogen) atoms. The second kappa shape index (κ2) is 6.78. The van der Waals surface area contributed by atoms with Crippen molar-refractivity contribution in [2.45, 2.75) is 13.8 Å². The van der Waals surface area contributed by atoms with Crippen LogP contribution in [0, 0.1) is 13.8 Å². The number of nitrogen functional groups attached to an aromatic ring is 1. The molecule has 0 unspecified atom stereocenters. The second-order valence-electron chi connectivity index (χ2n) is 5.81. The quantitative estimate of drug-likeness (QED) is 0.435. The Hall–Kier alpha value is -3.12. The van der Waals surface area contributed by atoms with Gasteiger partial charge in [-0.1, -0.05) is 36.4 Å². The average Bonchev–Trinajstić information content (AvgIpc) is 3.00. The van der Waals surface area contributed by atoms with Gasteiger partial charge in [0.2, 0.25) is 0 Å². The third-order valence-electron chi connectivity index (χ3n) is 4.11. The first-order valence-corrected chi connectivity index (χ1v) is 7.86. The van der Waals surface area contributed by atoms with Crippen molar-refractivity contribution < 1.29 is 14.3 Å². The van der Waals surface area contributed by atoms with E-state index in [9.17, 15) is 9.59 Å². The molecule has 0 spiro atoms. The van der Waals surface area contributed by atoms with Gasteiger partial charge >= 0.3 is 0 Å². The number of carbonyl (C=O) groups is 2. The molecule has 0 radical (unpaired) electrons. The molecule has 1 heterocycles. The van der Waals surface area contributed by atoms with Crippen LogP contribution in [0.1, 0.15) is 26.3 Å². The molecule has 1 aromatic heterocycles. The zero-order valence-corrected chi connectivity index (χ0v) is 14.1. The van der Waals surface area contributed by atoms with Crippen LogP contribution in [0.4, 0.5) is 0 Å². The first-order valence-electron chi connectivity index (χ1n) is 7.86. The monoisotopic (exact) mass is 337 g/mol. The molecular weight excluding hydrogens is 318 g/mol. The summed E-state index contributed by atoms with van der Waals surface area (Å²) in [5.74, 6) is 5.22. The summed E-state index contributed by atoms with van der Waals surface area (Å²) in [4.78, 5) is 24.6. The van der Waals surface area contributed by atoms with Crippen LogP contribution in [-0.2, 0) is 0 Å². The number of amides is 1. The highest BCUT2D eigenvalue weighted by molar-refractivity contribution is 6.09. The lowest BCUT2D eigenvalue weighted by molar-refractivity contribution is 0.0842. The number of carbonyl (C=O) groups excluding carboxylic acids is 2. The van der Waals surface area contributed by atoms with E-state index in [1.165, 1.54) is 10.8 Å². The minimum absolute atomic E-state index is 0.131. The van der Waals surface area contributed by atoms with Gasteiger partial charge in [0, 0.05) is 11.6 Å². The van der Waals surface area contributed by atoms with Crippen molar-refractivity contribution >= 4 is 22.7 Å². The molecule has 6 heteroatoms. The summed E-state index contributed by atoms with van der Waals surface area (Å²) in [6.45, 7) is 3.73. The summed E-state index contributed by atoms with van der Waals surface area (Å²) in [6.07, 6.45) is 1.49. The van der Waals surface area contributed by atoms with Crippen molar-refractivity contribution in [1.82, 2.24) is 9.99 Å². The van der Waals surface area contributed by atoms with Crippen LogP contribution in [0.25, 0.3) is 10.9 Å². The van der Waals surface area contributed by atoms with E-state index in [4.69, 9.17) is 10.6 Å². The molecule has 0 aliphatic heterocycles. The van der Waals surface area contributed by atoms with E-state index in [-0.39, 0.29) is 12.5 Å². The molecule has 6 nitrogen and oxygen atoms in total. The van der Waals surface area contributed by atoms with Crippen LogP contribution in [0.5, 0.6) is 5.75 Å². The highest BCUT2D eigenvalue weighted by Crippen LogP contribution is 2.24. The van der Waals surface area contributed by atoms with Crippen molar-refractivity contribution in [2.75, 3.05) is 6.61 Å². The Labute approximate surface area is 145 Å². The third kappa shape index (κ3) is 3.12. The van der Waals surface area contributed by atoms with Crippen LogP contribution in [0.3, 0.4) is 0 Å². The Morgan fingerprint density at radius 3 is 2.44 bits per heavy atom. The van der Waals surface area contributed by atoms with Gasteiger partial charge in [0.05, 0.1) is 11.1 Å². The summed E-state index contributed by atoms with van der Waals surface area (Å²) < 4.78 is 7.16. The fourth-order valence-electron chi connectivity index (χ4n) is 2.87. The maximum absolute atomic E-state index is 12.7. The Morgan fingerprint density at radius 2 is 1.76 bits per heavy atom. The topological polar surface area (TPSA) is 86.3 Å². The molecule has 1 amide bonds. The minimum Gasteiger partial charge on any atom is -0.483 e. The van der Waals surface area contributed by atoms with Gasteiger partial charge in [-0.05, 0) is 31.0 Å². The number of nitrogens with two attached hydrogens (primary N) is 1. The molecule has 0 atom stereocenters. The zero-order chi connectivity index (χ0) is 18.0. The smallest absolute Gasteiger partial charge is 0.269 e. The number of hydrogen-bond donors (Lipinski definition) is 2. The number of nitrogens with zero attached hydrogens (tertiary/aromatic N) is 1. The van der Waals surface area contributed by atoms with Gasteiger partial charge in [0.1, 0.15) is 5.75 Å². The van der Waals surface area contributed by atoms with E-state index < -0.39 is 5.91 Å². The van der Waals surface area contributed by atoms with Crippen LogP contribution in [0.2, 0.25) is 0 Å². The number of aryl methyl sites for hydroxylation is 2. The summed E-state index contributed by atoms with van der Waals surface area (Å²) >= 11 is 0. The lowest BCUT2D eigenvalue weighted by Crippen LogP contribution is -2.29. The average molecular weight is 337 g/mol. The van der Waals surface area contributed by atoms with Gasteiger partial charge < -0.3 is 4.74 Å². The first kappa shape index (κ1) is 16.7. The predicted octanol–water partition coefficient (Wildman–Crippen LogP) is 2.58. The fraction of sp³-hybridized carbons (Fsp3) is 0.158. The number of hydrazine groups is 1. The van der Waals surface area contributed by atoms with Crippen LogP contribution >= 0.6 is 0 Å². The molecule has 0 aliphatic carbocycles. The van der Waals surface area contributed by atoms with E-state index >= 15 is 0 Å². The largest absolute Gasteiger partial charge is 0.483 e. The summed E-state index contributed by atoms with van der Waals surface area (Å²) in [6, 6.07) is 13.0. The lowest BCUT2D eigenvalue weighted by Gasteiger charge is -2.11. The maximum Gasteiger partial charge on any atom is 0.269 e. The molecule has 3 aromatic rings. The number of hydrogen-bond acceptors (Lipinski definition) is 4. The van der Waals surface area contributed by atoms with Crippen LogP contribution in [0.15, 0.2) is 48.7 Å². The van der Waals surface area contributed by atoms with E-state index in [1.807, 2.05) is 38.1 Å². The first-order chi connectivity index (χ1) is 12.0. The third-order valence-corrected chi connectivity index (χ3v) is 4.11. The SMILES string of the molecule is Cc1cccc(C)c1OCC(=O)n1cc(C(=O)NN)c2ccccc21. The van der Waals surface area contributed by atoms with Gasteiger partial charge in [-0.3, -0.25) is 19.6 Å². The molecule has 2 aromatic carbocycles. The van der Waals surface area contributed by atoms with Gasteiger partial charge in [-0.2, -0.15) is 0 Å². The molecular formula is C19H19N3O3. The lowest BCUT2D eigenvalue weighted by atomic mass is 10.1. The van der Waals surface area contributed by atoms with E-state index in [1.54, 1.807) is 18.2 Å². The van der Waals surface area contributed by atoms with E-state index in [2.05, 4.69) is 5.43 Å². The number of nitrogens with one attached hydrogen (secondary N) is 1. The van der Waals surface area contributed by atoms with Crippen molar-refractivity contribution in [2.24, 2.45) is 5.84 Å². The molecule has 0 bridgehead atoms. The number of benzene rings is 2. The van der Waals surface area contributed by atoms with Crippen molar-refractivity contribution in [3.8, 4) is 5.75 Å². The molecule has 0 fully saturated rings. The van der Waals surface area contributed by atoms with Crippen LogP contribution in [-0.4, -0.2) is 23.0 Å². The number of para-hydroxylation sites is 2. The maximum atomic E-state index is 12.7. The molecule has 3 N–H and O–H groups in total. The molecule has 3 rings (SSSR count). The Morgan fingerprint density at radius 1 is 1.08 bits per heavy atom. The minimum atomic E-state index is -0.446. The van der Waals surface area contributed by atoms with E-state index in [0.717, 1.165) is 11.1 Å². The Kier molecular flexibility index (Phi) is 4.54. The number of rotatable bonds is 4. The summed E-state index contributed by atoms with van der Waals surface area (Å²) in [5.41, 5.74) is 5.02. The highest BCUT2D eigenvalue weighted by atomic mass is 16.5. The Balaban J connectivity index is 1.91. The molecule has 0 saturated heterocycles. The standard InChI is InChI=1S/C19H19N3O3/c1-12-6-5-7-13(2)18(12)25-11-17(23)22-10-15(19(24)21-20)14-8-3-4-9-16(14)22/h3-10H,11,20H2,1-2H3,(H,21,24). The van der Waals surface area contributed by atoms with Gasteiger partial charge in [-0.25, -0.2) is 5.84 Å². The molecule has 0 aliphatic rings. The van der Waals surface area contributed by atoms with Crippen molar-refractivity contribution in [3.05, 3.63) is 65.4 Å². The molecule has 128 valence electrons. The molecule has 0 saturated carbocycles. The number of fused-ring (bicyclic) bond motifs is 1. The highest BCUT2D eigenvalue weighted by Gasteiger charge is 2.18. The van der Waals surface area contributed by atoms with Gasteiger partial charge in [0.25, 0.3) is 11.8 Å². The second-order valence-corrected chi connectivity index (χ2v) is 5.81. The number of ether oxygens (including phenoxy) is 1. The number of aromatic nitrogens is 1.